The molecule has 22 N–H and O–H groups in total. The summed E-state index contributed by atoms with van der Waals surface area (Å²) in [6, 6.07) is -4.33. The molecule has 9 rings (SSSR count). The fraction of sp³-hybridized carbons (Fsp3) is 0.506. The number of benzene rings is 3. The number of aliphatic carboxylic acids is 2. The van der Waals surface area contributed by atoms with Gasteiger partial charge in [-0.15, -0.1) is 11.8 Å². The lowest BCUT2D eigenvalue weighted by atomic mass is 10.00. The number of amides is 17. The number of fused-ring (bicyclic) bond motifs is 4. The van der Waals surface area contributed by atoms with Crippen LogP contribution in [-0.2, 0) is 117 Å². The van der Waals surface area contributed by atoms with Crippen molar-refractivity contribution >= 4 is 146 Å². The van der Waals surface area contributed by atoms with Gasteiger partial charge in [0.15, 0.2) is 0 Å². The lowest BCUT2D eigenvalue weighted by Gasteiger charge is -2.36. The van der Waals surface area contributed by atoms with Crippen molar-refractivity contribution in [2.24, 2.45) is 11.5 Å². The van der Waals surface area contributed by atoms with E-state index in [-0.39, 0.29) is 75.8 Å². The van der Waals surface area contributed by atoms with Crippen molar-refractivity contribution in [1.29, 1.82) is 0 Å². The molecule has 730 valence electrons. The number of aromatic amines is 3. The topological polar surface area (TPSA) is 674 Å². The fourth-order valence-electron chi connectivity index (χ4n) is 16.4. The molecule has 0 aliphatic carbocycles. The Bertz CT molecular complexity index is 5280. The van der Waals surface area contributed by atoms with Gasteiger partial charge in [0.1, 0.15) is 90.3 Å². The molecular weight excluding hydrogens is 1780 g/mol. The van der Waals surface area contributed by atoms with Crippen LogP contribution < -0.4 is 64.6 Å². The Balaban J connectivity index is 1.10. The Kier molecular flexibility index (Phi) is 38.5. The second-order valence-electron chi connectivity index (χ2n) is 33.7. The van der Waals surface area contributed by atoms with E-state index in [2.05, 4.69) is 73.1 Å². The van der Waals surface area contributed by atoms with Crippen LogP contribution in [0.3, 0.4) is 0 Å². The highest BCUT2D eigenvalue weighted by molar-refractivity contribution is 8.00. The molecule has 3 saturated heterocycles. The molecule has 0 saturated carbocycles. The molecular formula is C89H119N21O24S. The van der Waals surface area contributed by atoms with Crippen LogP contribution in [0.2, 0.25) is 0 Å². The molecule has 17 amide bonds. The Morgan fingerprint density at radius 1 is 0.519 bits per heavy atom. The highest BCUT2D eigenvalue weighted by Crippen LogP contribution is 2.28. The second-order valence-corrected chi connectivity index (χ2v) is 34.8. The van der Waals surface area contributed by atoms with Crippen molar-refractivity contribution in [2.45, 2.75) is 227 Å². The molecule has 3 aromatic carbocycles. The number of nitrogens with one attached hydrogen (secondary N) is 13. The highest BCUT2D eigenvalue weighted by atomic mass is 32.2. The summed E-state index contributed by atoms with van der Waals surface area (Å²) < 4.78 is 0. The van der Waals surface area contributed by atoms with Crippen LogP contribution in [0.1, 0.15) is 133 Å². The number of nitrogens with zero attached hydrogens (tertiary/aromatic N) is 6. The average Bonchev–Trinajstić information content (AvgIpc) is 1.66. The maximum Gasteiger partial charge on any atom is 0.303 e. The number of thioether (sulfide) groups is 1. The predicted molar refractivity (Wildman–Crippen MR) is 485 cm³/mol. The number of phenols is 1. The van der Waals surface area contributed by atoms with Gasteiger partial charge in [0, 0.05) is 131 Å². The average molecular weight is 1900 g/mol. The fourth-order valence-corrected chi connectivity index (χ4v) is 17.2. The van der Waals surface area contributed by atoms with Crippen molar-refractivity contribution in [3.05, 3.63) is 120 Å². The monoisotopic (exact) mass is 1900 g/mol. The quantitative estimate of drug-likeness (QED) is 0.0250. The number of H-pyrrole nitrogens is 3. The number of para-hydroxylation sites is 2. The second kappa shape index (κ2) is 49.6. The van der Waals surface area contributed by atoms with Gasteiger partial charge >= 0.3 is 11.9 Å². The van der Waals surface area contributed by atoms with Crippen LogP contribution >= 0.6 is 11.8 Å². The third kappa shape index (κ3) is 29.0. The molecule has 3 fully saturated rings. The van der Waals surface area contributed by atoms with E-state index >= 15 is 38.4 Å². The normalized spacial score (nSPS) is 24.7. The van der Waals surface area contributed by atoms with Crippen molar-refractivity contribution < 1.29 is 117 Å². The summed E-state index contributed by atoms with van der Waals surface area (Å²) in [5.74, 6) is -21.9. The minimum Gasteiger partial charge on any atom is -0.508 e. The van der Waals surface area contributed by atoms with Gasteiger partial charge in [0.25, 0.3) is 0 Å². The number of hydrogen-bond donors (Lipinski definition) is 20. The lowest BCUT2D eigenvalue weighted by molar-refractivity contribution is -0.149. The van der Waals surface area contributed by atoms with E-state index in [1.165, 1.54) is 64.9 Å². The van der Waals surface area contributed by atoms with E-state index in [1.807, 2.05) is 0 Å². The van der Waals surface area contributed by atoms with Gasteiger partial charge in [-0.25, -0.2) is 4.98 Å². The number of carbonyl (C=O) groups is 19. The smallest absolute Gasteiger partial charge is 0.303 e. The van der Waals surface area contributed by atoms with Gasteiger partial charge in [0.2, 0.25) is 100 Å². The van der Waals surface area contributed by atoms with Gasteiger partial charge in [-0.3, -0.25) is 91.1 Å². The first kappa shape index (κ1) is 105. The van der Waals surface area contributed by atoms with Gasteiger partial charge in [-0.2, -0.15) is 0 Å². The van der Waals surface area contributed by atoms with Crippen LogP contribution in [0.5, 0.6) is 5.75 Å². The van der Waals surface area contributed by atoms with Crippen molar-refractivity contribution in [1.82, 2.24) is 97.6 Å². The zero-order chi connectivity index (χ0) is 98.6. The molecule has 0 radical (unpaired) electrons. The first-order valence-electron chi connectivity index (χ1n) is 44.4. The Morgan fingerprint density at radius 2 is 1.03 bits per heavy atom. The number of carboxylic acid groups (broad SMARTS) is 2. The van der Waals surface area contributed by atoms with E-state index in [4.69, 9.17) is 11.5 Å². The van der Waals surface area contributed by atoms with Crippen LogP contribution in [0.25, 0.3) is 21.8 Å². The molecule has 45 nitrogen and oxygen atoms in total. The highest BCUT2D eigenvalue weighted by Gasteiger charge is 2.47. The summed E-state index contributed by atoms with van der Waals surface area (Å²) >= 11 is 0.691. The summed E-state index contributed by atoms with van der Waals surface area (Å²) in [5, 5.41) is 79.4. The molecule has 46 heteroatoms. The molecule has 3 aromatic heterocycles. The van der Waals surface area contributed by atoms with Gasteiger partial charge < -0.3 is 130 Å². The SMILES string of the molecule is CCCC[C@H]1C(=O)N(C)[C@@H](CCCC)C(=O)N[C@@H](CCC(=O)O)C(=O)N[C@H](C(=O)NCC(N)=O)CSCC(=O)N[C@@H](Cc2ccc(O)cc2)C(=O)N(C)[C@@H](C)C(=O)N[C@@H](CC(N)=O)C(=O)N2CCC[C@H]2C(=O)N[C@@H](Cc2cnc[nH]2)C(=O)N[C@@H](CCC(=O)O)C(=O)N2C[C@H](O)C[C@H]2C(=O)N[C@@H](Cc2c[nH]c3ccccc23)C(=O)N[C@@H](CO)C(=O)N[C@@H](Cc2c[nH]c3ccccc23)C(=O)N1C. The molecule has 6 heterocycles. The van der Waals surface area contributed by atoms with E-state index in [9.17, 15) is 78.3 Å². The number of aromatic hydroxyl groups is 1. The molecule has 3 aliphatic heterocycles. The number of aliphatic hydroxyl groups is 2. The first-order chi connectivity index (χ1) is 64.3. The van der Waals surface area contributed by atoms with E-state index in [0.29, 0.717) is 63.1 Å². The molecule has 15 atom stereocenters. The number of primary amides is 2. The molecule has 135 heavy (non-hydrogen) atoms. The zero-order valence-electron chi connectivity index (χ0n) is 75.6. The number of aromatic nitrogens is 4. The number of imidazole rings is 1. The lowest BCUT2D eigenvalue weighted by Crippen LogP contribution is -2.62. The van der Waals surface area contributed by atoms with Crippen molar-refractivity contribution in [2.75, 3.05) is 58.9 Å². The van der Waals surface area contributed by atoms with Crippen molar-refractivity contribution in [3.63, 3.8) is 0 Å². The Labute approximate surface area is 779 Å². The number of rotatable bonds is 26. The standard InChI is InChI=1S/C89H119N21O24S/c1-7-9-20-67-82(127)98-58(27-29-74(117)118)78(123)105-66(77(122)95-41-72(91)115)44-135-45-73(116)97-62(32-48-23-25-52(112)26-24-48)85(130)106(4)47(3)76(121)102-64(37-71(90)114)88(133)109-31-15-22-68(109)83(128)101-61(35-51-40-92-46-96-51)80(125)99-59(28-30-75(119)120)87(132)110-42-53(113)36-70(110)84(129)100-60(33-49-38-93-56-18-13-11-16-54(49)56)79(124)104-65(43-111)81(126)103-63(34-50-39-94-57-19-14-12-17-55(50)57)86(131)108(6)69(21-10-8-2)89(134)107(67)5/h11-14,16-19,23-26,38-40,46-47,53,58-70,93-94,111-113H,7-10,15,20-22,27-37,41-45H2,1-6H3,(H2,90,114)(H2,91,115)(H,92,96)(H,95,122)(H,97,116)(H,98,127)(H,99,125)(H,100,129)(H,101,128)(H,102,121)(H,103,126)(H,104,124)(H,105,123)(H,117,118)(H,119,120)/t47-,53+,58-,59-,60-,61-,62-,63-,64-,65-,66-,67-,68-,69-,70-/m0/s1. The summed E-state index contributed by atoms with van der Waals surface area (Å²) in [6.07, 6.45) is -0.250. The largest absolute Gasteiger partial charge is 0.508 e. The third-order valence-corrected chi connectivity index (χ3v) is 25.0. The third-order valence-electron chi connectivity index (χ3n) is 23.9. The molecule has 3 aliphatic rings. The van der Waals surface area contributed by atoms with Crippen LogP contribution in [-0.4, -0.2) is 332 Å². The molecule has 0 unspecified atom stereocenters. The summed E-state index contributed by atoms with van der Waals surface area (Å²) in [7, 11) is 3.73. The number of nitrogens with two attached hydrogens (primary N) is 2. The molecule has 0 spiro atoms. The minimum atomic E-state index is -1.96. The Hall–Kier alpha value is -14.1. The maximum atomic E-state index is 15.7. The molecule has 6 aromatic rings. The van der Waals surface area contributed by atoms with E-state index < -0.39 is 279 Å². The number of carboxylic acids is 2. The van der Waals surface area contributed by atoms with E-state index in [1.54, 1.807) is 74.8 Å². The van der Waals surface area contributed by atoms with Crippen LogP contribution in [0.15, 0.2) is 97.7 Å². The number of phenolic OH excluding ortho intramolecular Hbond substituents is 1. The first-order valence-corrected chi connectivity index (χ1v) is 45.6. The maximum absolute atomic E-state index is 15.7. The van der Waals surface area contributed by atoms with Gasteiger partial charge in [-0.1, -0.05) is 88.1 Å². The van der Waals surface area contributed by atoms with Crippen LogP contribution in [0.4, 0.5) is 0 Å². The van der Waals surface area contributed by atoms with Gasteiger partial charge in [0.05, 0.1) is 37.8 Å². The van der Waals surface area contributed by atoms with Crippen LogP contribution in [0, 0.1) is 0 Å². The predicted octanol–water partition coefficient (Wildman–Crippen LogP) is -3.51. The number of carbonyl (C=O) groups excluding carboxylic acids is 17. The summed E-state index contributed by atoms with van der Waals surface area (Å²) in [6.45, 7) is 2.07. The summed E-state index contributed by atoms with van der Waals surface area (Å²) in [5.41, 5.74) is 13.7. The number of likely N-dealkylation sites (N-methyl/N-ethyl adjacent to an activating group) is 3. The van der Waals surface area contributed by atoms with Gasteiger partial charge in [-0.05, 0) is 86.4 Å². The summed E-state index contributed by atoms with van der Waals surface area (Å²) in [4.78, 5) is 292. The number of unbranched alkanes of at least 4 members (excludes halogenated alkanes) is 2. The Morgan fingerprint density at radius 3 is 1.61 bits per heavy atom. The number of hydrogen-bond acceptors (Lipinski definition) is 24. The van der Waals surface area contributed by atoms with E-state index in [0.717, 1.165) is 24.5 Å². The molecule has 0 bridgehead atoms. The minimum absolute atomic E-state index is 0.0665. The number of aliphatic hydroxyl groups excluding tert-OH is 2. The van der Waals surface area contributed by atoms with Crippen molar-refractivity contribution in [3.8, 4) is 5.75 Å². The zero-order valence-corrected chi connectivity index (χ0v) is 76.4.